The van der Waals surface area contributed by atoms with Crippen molar-refractivity contribution in [3.05, 3.63) is 0 Å². The predicted octanol–water partition coefficient (Wildman–Crippen LogP) is 1.73. The molecule has 0 aromatic rings. The second-order valence-electron chi connectivity index (χ2n) is 5.35. The van der Waals surface area contributed by atoms with Crippen molar-refractivity contribution in [2.45, 2.75) is 44.7 Å². The Morgan fingerprint density at radius 3 is 2.56 bits per heavy atom. The molecule has 1 fully saturated rings. The van der Waals surface area contributed by atoms with E-state index in [-0.39, 0.29) is 5.54 Å². The average Bonchev–Trinajstić information content (AvgIpc) is 2.30. The van der Waals surface area contributed by atoms with Crippen LogP contribution in [-0.2, 0) is 4.74 Å². The predicted molar refractivity (Wildman–Crippen MR) is 68.8 cm³/mol. The quantitative estimate of drug-likeness (QED) is 0.775. The summed E-state index contributed by atoms with van der Waals surface area (Å²) in [5.41, 5.74) is 0.208. The van der Waals surface area contributed by atoms with Crippen LogP contribution in [-0.4, -0.2) is 50.8 Å². The van der Waals surface area contributed by atoms with E-state index in [1.165, 1.54) is 12.8 Å². The van der Waals surface area contributed by atoms with E-state index in [9.17, 15) is 0 Å². The van der Waals surface area contributed by atoms with Crippen LogP contribution in [0.15, 0.2) is 0 Å². The Balaban J connectivity index is 2.77. The van der Waals surface area contributed by atoms with E-state index in [2.05, 4.69) is 45.2 Å². The summed E-state index contributed by atoms with van der Waals surface area (Å²) in [6, 6.07) is 0.507. The van der Waals surface area contributed by atoms with Gasteiger partial charge in [-0.25, -0.2) is 0 Å². The molecule has 96 valence electrons. The average molecular weight is 228 g/mol. The zero-order valence-electron chi connectivity index (χ0n) is 11.5. The molecule has 3 atom stereocenters. The fourth-order valence-electron chi connectivity index (χ4n) is 2.90. The van der Waals surface area contributed by atoms with Crippen molar-refractivity contribution >= 4 is 0 Å². The molecule has 3 unspecified atom stereocenters. The second-order valence-corrected chi connectivity index (χ2v) is 5.35. The van der Waals surface area contributed by atoms with Crippen molar-refractivity contribution in [1.82, 2.24) is 10.2 Å². The molecule has 1 heterocycles. The summed E-state index contributed by atoms with van der Waals surface area (Å²) in [7, 11) is 6.44. The fraction of sp³-hybridized carbons (Fsp3) is 1.00. The van der Waals surface area contributed by atoms with Crippen molar-refractivity contribution < 1.29 is 4.74 Å². The monoisotopic (exact) mass is 228 g/mol. The summed E-state index contributed by atoms with van der Waals surface area (Å²) >= 11 is 0. The van der Waals surface area contributed by atoms with Crippen LogP contribution in [0.2, 0.25) is 0 Å². The van der Waals surface area contributed by atoms with Gasteiger partial charge in [0.1, 0.15) is 0 Å². The van der Waals surface area contributed by atoms with Gasteiger partial charge in [0, 0.05) is 18.2 Å². The molecule has 0 spiro atoms. The first-order valence-corrected chi connectivity index (χ1v) is 6.48. The summed E-state index contributed by atoms with van der Waals surface area (Å²) in [6.07, 6.45) is 3.65. The van der Waals surface area contributed by atoms with E-state index < -0.39 is 0 Å². The van der Waals surface area contributed by atoms with E-state index in [0.717, 1.165) is 19.6 Å². The highest BCUT2D eigenvalue weighted by Crippen LogP contribution is 2.30. The summed E-state index contributed by atoms with van der Waals surface area (Å²) < 4.78 is 5.63. The molecule has 1 N–H and O–H groups in total. The minimum absolute atomic E-state index is 0.208. The van der Waals surface area contributed by atoms with Crippen molar-refractivity contribution in [2.24, 2.45) is 5.92 Å². The lowest BCUT2D eigenvalue weighted by Gasteiger charge is -2.47. The molecule has 1 aliphatic heterocycles. The normalized spacial score (nSPS) is 27.8. The first-order chi connectivity index (χ1) is 7.56. The van der Waals surface area contributed by atoms with Gasteiger partial charge >= 0.3 is 0 Å². The minimum Gasteiger partial charge on any atom is -0.381 e. The molecule has 3 nitrogen and oxygen atoms in total. The maximum atomic E-state index is 5.63. The first-order valence-electron chi connectivity index (χ1n) is 6.48. The zero-order valence-corrected chi connectivity index (χ0v) is 11.5. The standard InChI is InChI=1S/C13H28N2O/c1-6-13(2,15(4)5)12(14-3)11-8-7-9-16-10-11/h11-12,14H,6-10H2,1-5H3. The van der Waals surface area contributed by atoms with Crippen molar-refractivity contribution in [3.63, 3.8) is 0 Å². The molecule has 0 radical (unpaired) electrons. The summed E-state index contributed by atoms with van der Waals surface area (Å²) in [6.45, 7) is 6.48. The van der Waals surface area contributed by atoms with Gasteiger partial charge in [0.25, 0.3) is 0 Å². The van der Waals surface area contributed by atoms with E-state index in [4.69, 9.17) is 4.74 Å². The number of nitrogens with zero attached hydrogens (tertiary/aromatic N) is 1. The van der Waals surface area contributed by atoms with Gasteiger partial charge in [-0.05, 0) is 53.2 Å². The van der Waals surface area contributed by atoms with E-state index in [1.807, 2.05) is 0 Å². The Hall–Kier alpha value is -0.120. The molecule has 0 aromatic carbocycles. The molecule has 3 heteroatoms. The molecule has 0 aliphatic carbocycles. The molecule has 1 aliphatic rings. The molecule has 0 bridgehead atoms. The Labute approximate surface area is 101 Å². The van der Waals surface area contributed by atoms with Crippen LogP contribution in [0.4, 0.5) is 0 Å². The van der Waals surface area contributed by atoms with Gasteiger partial charge in [-0.2, -0.15) is 0 Å². The van der Waals surface area contributed by atoms with Gasteiger partial charge < -0.3 is 15.0 Å². The number of rotatable bonds is 5. The van der Waals surface area contributed by atoms with Crippen LogP contribution in [0.3, 0.4) is 0 Å². The lowest BCUT2D eigenvalue weighted by atomic mass is 9.78. The van der Waals surface area contributed by atoms with Gasteiger partial charge in [0.05, 0.1) is 6.61 Å². The summed E-state index contributed by atoms with van der Waals surface area (Å²) in [4.78, 5) is 2.35. The van der Waals surface area contributed by atoms with Crippen LogP contribution in [0.25, 0.3) is 0 Å². The maximum absolute atomic E-state index is 5.63. The van der Waals surface area contributed by atoms with Crippen molar-refractivity contribution in [2.75, 3.05) is 34.4 Å². The summed E-state index contributed by atoms with van der Waals surface area (Å²) in [5.74, 6) is 0.645. The zero-order chi connectivity index (χ0) is 12.2. The highest BCUT2D eigenvalue weighted by Gasteiger charge is 2.39. The number of hydrogen-bond donors (Lipinski definition) is 1. The van der Waals surface area contributed by atoms with Crippen LogP contribution in [0.5, 0.6) is 0 Å². The summed E-state index contributed by atoms with van der Waals surface area (Å²) in [5, 5.41) is 3.52. The van der Waals surface area contributed by atoms with E-state index >= 15 is 0 Å². The Morgan fingerprint density at radius 2 is 2.19 bits per heavy atom. The van der Waals surface area contributed by atoms with E-state index in [1.54, 1.807) is 0 Å². The lowest BCUT2D eigenvalue weighted by Crippen LogP contribution is -2.60. The molecule has 0 amide bonds. The third kappa shape index (κ3) is 2.76. The van der Waals surface area contributed by atoms with Gasteiger partial charge in [-0.3, -0.25) is 0 Å². The van der Waals surface area contributed by atoms with Crippen LogP contribution in [0.1, 0.15) is 33.1 Å². The Kier molecular flexibility index (Phi) is 5.22. The largest absolute Gasteiger partial charge is 0.381 e. The number of likely N-dealkylation sites (N-methyl/N-ethyl adjacent to an activating group) is 2. The molecule has 1 saturated heterocycles. The third-order valence-electron chi connectivity index (χ3n) is 4.39. The fourth-order valence-corrected chi connectivity index (χ4v) is 2.90. The Bertz CT molecular complexity index is 202. The van der Waals surface area contributed by atoms with Crippen LogP contribution in [0, 0.1) is 5.92 Å². The van der Waals surface area contributed by atoms with E-state index in [0.29, 0.717) is 12.0 Å². The third-order valence-corrected chi connectivity index (χ3v) is 4.39. The smallest absolute Gasteiger partial charge is 0.0509 e. The highest BCUT2D eigenvalue weighted by atomic mass is 16.5. The van der Waals surface area contributed by atoms with Gasteiger partial charge in [-0.1, -0.05) is 6.92 Å². The molecule has 0 saturated carbocycles. The van der Waals surface area contributed by atoms with Crippen molar-refractivity contribution in [1.29, 1.82) is 0 Å². The molecule has 1 rings (SSSR count). The number of nitrogens with one attached hydrogen (secondary N) is 1. The first kappa shape index (κ1) is 13.9. The minimum atomic E-state index is 0.208. The molecule has 16 heavy (non-hydrogen) atoms. The van der Waals surface area contributed by atoms with Gasteiger partial charge in [0.2, 0.25) is 0 Å². The van der Waals surface area contributed by atoms with Gasteiger partial charge in [-0.15, -0.1) is 0 Å². The van der Waals surface area contributed by atoms with Crippen LogP contribution >= 0.6 is 0 Å². The van der Waals surface area contributed by atoms with Gasteiger partial charge in [0.15, 0.2) is 0 Å². The van der Waals surface area contributed by atoms with Crippen LogP contribution < -0.4 is 5.32 Å². The molecular formula is C13H28N2O. The SMILES string of the molecule is CCC(C)(C(NC)C1CCCOC1)N(C)C. The molecule has 0 aromatic heterocycles. The second kappa shape index (κ2) is 5.99. The Morgan fingerprint density at radius 1 is 1.50 bits per heavy atom. The highest BCUT2D eigenvalue weighted by molar-refractivity contribution is 4.97. The molecular weight excluding hydrogens is 200 g/mol. The number of hydrogen-bond acceptors (Lipinski definition) is 3. The lowest BCUT2D eigenvalue weighted by molar-refractivity contribution is 0.0000903. The topological polar surface area (TPSA) is 24.5 Å². The number of ether oxygens (including phenoxy) is 1. The maximum Gasteiger partial charge on any atom is 0.0509 e. The van der Waals surface area contributed by atoms with Crippen molar-refractivity contribution in [3.8, 4) is 0 Å².